The lowest BCUT2D eigenvalue weighted by Crippen LogP contribution is -2.28. The maximum absolute atomic E-state index is 11.9. The minimum Gasteiger partial charge on any atom is -0.310 e. The van der Waals surface area contributed by atoms with Crippen LogP contribution in [-0.2, 0) is 4.79 Å². The molecule has 0 bridgehead atoms. The molecule has 0 unspecified atom stereocenters. The zero-order valence-electron chi connectivity index (χ0n) is 10.1. The Labute approximate surface area is 124 Å². The molecule has 2 aromatic rings. The summed E-state index contributed by atoms with van der Waals surface area (Å²) < 4.78 is 0.837. The molecule has 1 aromatic carbocycles. The van der Waals surface area contributed by atoms with E-state index in [1.807, 2.05) is 18.2 Å². The highest BCUT2D eigenvalue weighted by Gasteiger charge is 2.25. The van der Waals surface area contributed by atoms with Crippen LogP contribution >= 0.6 is 27.5 Å². The van der Waals surface area contributed by atoms with E-state index in [2.05, 4.69) is 26.2 Å². The molecule has 1 amide bonds. The van der Waals surface area contributed by atoms with E-state index in [0.717, 1.165) is 34.5 Å². The van der Waals surface area contributed by atoms with Crippen LogP contribution in [0.15, 0.2) is 28.9 Å². The lowest BCUT2D eigenvalue weighted by molar-refractivity contribution is -0.122. The molecule has 1 aliphatic rings. The molecule has 0 saturated heterocycles. The van der Waals surface area contributed by atoms with Crippen LogP contribution in [0.2, 0.25) is 5.02 Å². The fourth-order valence-electron chi connectivity index (χ4n) is 2.11. The number of rotatable bonds is 2. The maximum Gasteiger partial charge on any atom is 0.228 e. The van der Waals surface area contributed by atoms with E-state index in [0.29, 0.717) is 10.8 Å². The van der Waals surface area contributed by atoms with Gasteiger partial charge in [0.25, 0.3) is 0 Å². The number of nitrogens with zero attached hydrogens (tertiary/aromatic N) is 1. The van der Waals surface area contributed by atoms with Crippen LogP contribution in [0, 0.1) is 5.92 Å². The summed E-state index contributed by atoms with van der Waals surface area (Å²) in [5.74, 6) is 0.833. The summed E-state index contributed by atoms with van der Waals surface area (Å²) in [6.07, 6.45) is 4.85. The molecule has 1 aromatic heterocycles. The van der Waals surface area contributed by atoms with Gasteiger partial charge in [-0.2, -0.15) is 0 Å². The molecule has 19 heavy (non-hydrogen) atoms. The van der Waals surface area contributed by atoms with Crippen LogP contribution in [0.3, 0.4) is 0 Å². The third-order valence-electron chi connectivity index (χ3n) is 3.49. The second kappa shape index (κ2) is 5.10. The van der Waals surface area contributed by atoms with Gasteiger partial charge in [0.1, 0.15) is 5.82 Å². The van der Waals surface area contributed by atoms with Gasteiger partial charge < -0.3 is 5.32 Å². The first-order chi connectivity index (χ1) is 9.13. The van der Waals surface area contributed by atoms with Crippen molar-refractivity contribution in [3.8, 4) is 0 Å². The van der Waals surface area contributed by atoms with Crippen LogP contribution in [0.4, 0.5) is 5.82 Å². The third-order valence-corrected chi connectivity index (χ3v) is 4.69. The minimum absolute atomic E-state index is 0.0751. The molecule has 3 nitrogen and oxygen atoms in total. The van der Waals surface area contributed by atoms with E-state index in [1.165, 1.54) is 0 Å². The average molecular weight is 340 g/mol. The Balaban J connectivity index is 1.88. The van der Waals surface area contributed by atoms with Crippen molar-refractivity contribution in [2.75, 3.05) is 5.32 Å². The van der Waals surface area contributed by atoms with Gasteiger partial charge in [-0.05, 0) is 52.4 Å². The number of halogens is 2. The lowest BCUT2D eigenvalue weighted by Gasteiger charge is -2.23. The molecular formula is C14H12BrClN2O. The first kappa shape index (κ1) is 12.9. The summed E-state index contributed by atoms with van der Waals surface area (Å²) >= 11 is 9.43. The highest BCUT2D eigenvalue weighted by atomic mass is 79.9. The topological polar surface area (TPSA) is 42.0 Å². The molecule has 1 fully saturated rings. The number of pyridine rings is 1. The quantitative estimate of drug-likeness (QED) is 0.881. The van der Waals surface area contributed by atoms with Crippen molar-refractivity contribution < 1.29 is 4.79 Å². The van der Waals surface area contributed by atoms with Gasteiger partial charge >= 0.3 is 0 Å². The standard InChI is InChI=1S/C14H12BrClN2O/c15-11-4-9-6-13(17-7-10(9)5-12(11)16)18-14(19)8-2-1-3-8/h4-8H,1-3H2,(H,17,18,19). The number of benzene rings is 1. The highest BCUT2D eigenvalue weighted by molar-refractivity contribution is 9.10. The molecular weight excluding hydrogens is 328 g/mol. The molecule has 3 rings (SSSR count). The average Bonchev–Trinajstić information content (AvgIpc) is 2.28. The number of carbonyl (C=O) groups is 1. The largest absolute Gasteiger partial charge is 0.310 e. The van der Waals surface area contributed by atoms with Gasteiger partial charge in [0.2, 0.25) is 5.91 Å². The number of nitrogens with one attached hydrogen (secondary N) is 1. The molecule has 0 atom stereocenters. The van der Waals surface area contributed by atoms with Crippen molar-refractivity contribution in [2.45, 2.75) is 19.3 Å². The Morgan fingerprint density at radius 3 is 2.79 bits per heavy atom. The maximum atomic E-state index is 11.9. The van der Waals surface area contributed by atoms with Crippen LogP contribution in [-0.4, -0.2) is 10.9 Å². The summed E-state index contributed by atoms with van der Waals surface area (Å²) in [6.45, 7) is 0. The summed E-state index contributed by atoms with van der Waals surface area (Å²) in [5, 5.41) is 5.47. The predicted molar refractivity (Wildman–Crippen MR) is 80.4 cm³/mol. The number of hydrogen-bond donors (Lipinski definition) is 1. The van der Waals surface area contributed by atoms with E-state index < -0.39 is 0 Å². The SMILES string of the molecule is O=C(Nc1cc2cc(Br)c(Cl)cc2cn1)C1CCC1. The summed E-state index contributed by atoms with van der Waals surface area (Å²) in [7, 11) is 0. The Morgan fingerprint density at radius 1 is 1.32 bits per heavy atom. The molecule has 1 heterocycles. The van der Waals surface area contributed by atoms with Gasteiger partial charge in [-0.3, -0.25) is 4.79 Å². The Morgan fingerprint density at radius 2 is 2.11 bits per heavy atom. The molecule has 1 aliphatic carbocycles. The summed E-state index contributed by atoms with van der Waals surface area (Å²) in [5.41, 5.74) is 0. The van der Waals surface area contributed by atoms with E-state index in [1.54, 1.807) is 6.20 Å². The monoisotopic (exact) mass is 338 g/mol. The predicted octanol–water partition coefficient (Wildman–Crippen LogP) is 4.39. The van der Waals surface area contributed by atoms with Crippen molar-refractivity contribution in [1.29, 1.82) is 0 Å². The van der Waals surface area contributed by atoms with Gasteiger partial charge in [-0.15, -0.1) is 0 Å². The molecule has 5 heteroatoms. The highest BCUT2D eigenvalue weighted by Crippen LogP contribution is 2.30. The second-order valence-electron chi connectivity index (χ2n) is 4.80. The minimum atomic E-state index is 0.0751. The first-order valence-electron chi connectivity index (χ1n) is 6.19. The number of fused-ring (bicyclic) bond motifs is 1. The molecule has 0 aliphatic heterocycles. The van der Waals surface area contributed by atoms with Crippen molar-refractivity contribution in [2.24, 2.45) is 5.92 Å². The zero-order valence-corrected chi connectivity index (χ0v) is 12.5. The summed E-state index contributed by atoms with van der Waals surface area (Å²) in [6, 6.07) is 5.65. The first-order valence-corrected chi connectivity index (χ1v) is 7.36. The molecule has 0 spiro atoms. The van der Waals surface area contributed by atoms with Gasteiger partial charge in [0.15, 0.2) is 0 Å². The number of aromatic nitrogens is 1. The van der Waals surface area contributed by atoms with E-state index >= 15 is 0 Å². The van der Waals surface area contributed by atoms with Crippen molar-refractivity contribution in [3.05, 3.63) is 33.9 Å². The molecule has 1 N–H and O–H groups in total. The van der Waals surface area contributed by atoms with Gasteiger partial charge in [-0.25, -0.2) is 4.98 Å². The van der Waals surface area contributed by atoms with Crippen LogP contribution in [0.5, 0.6) is 0 Å². The molecule has 1 saturated carbocycles. The smallest absolute Gasteiger partial charge is 0.228 e. The van der Waals surface area contributed by atoms with Crippen molar-refractivity contribution in [1.82, 2.24) is 4.98 Å². The van der Waals surface area contributed by atoms with Crippen LogP contribution < -0.4 is 5.32 Å². The van der Waals surface area contributed by atoms with E-state index in [-0.39, 0.29) is 11.8 Å². The lowest BCUT2D eigenvalue weighted by atomic mass is 9.85. The van der Waals surface area contributed by atoms with Crippen molar-refractivity contribution >= 4 is 50.0 Å². The van der Waals surface area contributed by atoms with Gasteiger partial charge in [0, 0.05) is 22.0 Å². The Bertz CT molecular complexity index is 655. The van der Waals surface area contributed by atoms with Crippen LogP contribution in [0.1, 0.15) is 19.3 Å². The van der Waals surface area contributed by atoms with E-state index in [4.69, 9.17) is 11.6 Å². The normalized spacial score (nSPS) is 15.3. The molecule has 98 valence electrons. The molecule has 0 radical (unpaired) electrons. The fraction of sp³-hybridized carbons (Fsp3) is 0.286. The number of anilines is 1. The number of amides is 1. The fourth-order valence-corrected chi connectivity index (χ4v) is 2.64. The van der Waals surface area contributed by atoms with E-state index in [9.17, 15) is 4.79 Å². The Kier molecular flexibility index (Phi) is 3.46. The number of hydrogen-bond acceptors (Lipinski definition) is 2. The third kappa shape index (κ3) is 2.60. The second-order valence-corrected chi connectivity index (χ2v) is 6.06. The van der Waals surface area contributed by atoms with Crippen LogP contribution in [0.25, 0.3) is 10.8 Å². The Hall–Kier alpha value is -1.13. The van der Waals surface area contributed by atoms with Crippen molar-refractivity contribution in [3.63, 3.8) is 0 Å². The van der Waals surface area contributed by atoms with Gasteiger partial charge in [-0.1, -0.05) is 18.0 Å². The summed E-state index contributed by atoms with van der Waals surface area (Å²) in [4.78, 5) is 16.1. The zero-order chi connectivity index (χ0) is 13.4. The number of carbonyl (C=O) groups excluding carboxylic acids is 1. The van der Waals surface area contributed by atoms with Gasteiger partial charge in [0.05, 0.1) is 5.02 Å².